The molecule has 7 nitrogen and oxygen atoms in total. The van der Waals surface area contributed by atoms with Gasteiger partial charge in [0.1, 0.15) is 15.6 Å². The summed E-state index contributed by atoms with van der Waals surface area (Å²) < 4.78 is 0.875. The highest BCUT2D eigenvalue weighted by Crippen LogP contribution is 2.36. The molecule has 3 rings (SSSR count). The Morgan fingerprint density at radius 1 is 1.43 bits per heavy atom. The lowest BCUT2D eigenvalue weighted by Crippen LogP contribution is -2.56. The fourth-order valence-electron chi connectivity index (χ4n) is 4.05. The van der Waals surface area contributed by atoms with E-state index in [0.717, 1.165) is 9.91 Å². The standard InChI is InChI=1S/C19H26N4O3S2/c1-5-19(16(25)23(10-12(2)3)17(26)21-19)13-6-8-22(9-7-13)15(24)14-11-28-18(20-14)27-4/h11,13H,2,5-10H2,1,3-4H3,(H,21,26). The second-order valence-electron chi connectivity index (χ2n) is 7.37. The fourth-order valence-corrected chi connectivity index (χ4v) is 5.29. The first kappa shape index (κ1) is 20.9. The number of hydrogen-bond donors (Lipinski definition) is 1. The molecule has 1 aromatic heterocycles. The summed E-state index contributed by atoms with van der Waals surface area (Å²) >= 11 is 3.00. The maximum absolute atomic E-state index is 13.1. The third kappa shape index (κ3) is 3.69. The maximum Gasteiger partial charge on any atom is 0.325 e. The Kier molecular flexibility index (Phi) is 6.14. The third-order valence-electron chi connectivity index (χ3n) is 5.54. The van der Waals surface area contributed by atoms with Gasteiger partial charge in [0.2, 0.25) is 0 Å². The molecule has 2 fully saturated rings. The van der Waals surface area contributed by atoms with Crippen LogP contribution < -0.4 is 5.32 Å². The monoisotopic (exact) mass is 422 g/mol. The van der Waals surface area contributed by atoms with E-state index in [4.69, 9.17) is 0 Å². The zero-order valence-corrected chi connectivity index (χ0v) is 18.1. The van der Waals surface area contributed by atoms with E-state index >= 15 is 0 Å². The van der Waals surface area contributed by atoms with Crippen LogP contribution in [0.1, 0.15) is 43.6 Å². The summed E-state index contributed by atoms with van der Waals surface area (Å²) in [5, 5.41) is 4.75. The van der Waals surface area contributed by atoms with Gasteiger partial charge in [-0.1, -0.05) is 30.8 Å². The Morgan fingerprint density at radius 2 is 2.11 bits per heavy atom. The molecule has 1 aromatic rings. The quantitative estimate of drug-likeness (QED) is 0.433. The Labute approximate surface area is 173 Å². The van der Waals surface area contributed by atoms with Crippen molar-refractivity contribution in [3.05, 3.63) is 23.2 Å². The molecule has 1 unspecified atom stereocenters. The SMILES string of the molecule is C=C(C)CN1C(=O)NC(CC)(C2CCN(C(=O)c3csc(SC)n3)CC2)C1=O. The number of piperidine rings is 1. The van der Waals surface area contributed by atoms with Crippen LogP contribution in [0.25, 0.3) is 0 Å². The molecule has 3 heterocycles. The van der Waals surface area contributed by atoms with Crippen LogP contribution in [0.5, 0.6) is 0 Å². The molecule has 0 bridgehead atoms. The second-order valence-corrected chi connectivity index (χ2v) is 9.28. The van der Waals surface area contributed by atoms with E-state index in [0.29, 0.717) is 38.0 Å². The lowest BCUT2D eigenvalue weighted by atomic mass is 9.75. The van der Waals surface area contributed by atoms with Crippen LogP contribution in [0.3, 0.4) is 0 Å². The van der Waals surface area contributed by atoms with Crippen LogP contribution in [0, 0.1) is 5.92 Å². The van der Waals surface area contributed by atoms with Crippen LogP contribution >= 0.6 is 23.1 Å². The summed E-state index contributed by atoms with van der Waals surface area (Å²) in [5.41, 5.74) is 0.369. The minimum Gasteiger partial charge on any atom is -0.337 e. The van der Waals surface area contributed by atoms with Gasteiger partial charge in [-0.05, 0) is 38.4 Å². The highest BCUT2D eigenvalue weighted by atomic mass is 32.2. The van der Waals surface area contributed by atoms with Crippen molar-refractivity contribution in [2.45, 2.75) is 43.0 Å². The Morgan fingerprint density at radius 3 is 2.64 bits per heavy atom. The van der Waals surface area contributed by atoms with Gasteiger partial charge in [-0.15, -0.1) is 11.3 Å². The number of urea groups is 1. The van der Waals surface area contributed by atoms with Gasteiger partial charge in [0.25, 0.3) is 11.8 Å². The van der Waals surface area contributed by atoms with E-state index < -0.39 is 5.54 Å². The van der Waals surface area contributed by atoms with Crippen molar-refractivity contribution in [3.8, 4) is 0 Å². The number of nitrogens with zero attached hydrogens (tertiary/aromatic N) is 3. The van der Waals surface area contributed by atoms with Gasteiger partial charge in [-0.2, -0.15) is 0 Å². The molecular formula is C19H26N4O3S2. The molecule has 28 heavy (non-hydrogen) atoms. The van der Waals surface area contributed by atoms with E-state index in [1.807, 2.05) is 13.2 Å². The lowest BCUT2D eigenvalue weighted by Gasteiger charge is -2.40. The molecule has 9 heteroatoms. The zero-order chi connectivity index (χ0) is 20.5. The number of nitrogens with one attached hydrogen (secondary N) is 1. The Hall–Kier alpha value is -1.87. The first-order valence-corrected chi connectivity index (χ1v) is 11.5. The second kappa shape index (κ2) is 8.24. The number of thiazole rings is 1. The Balaban J connectivity index is 1.69. The third-order valence-corrected chi connectivity index (χ3v) is 7.41. The van der Waals surface area contributed by atoms with E-state index in [1.54, 1.807) is 17.2 Å². The molecule has 0 aliphatic carbocycles. The molecule has 2 aliphatic heterocycles. The van der Waals surface area contributed by atoms with E-state index in [-0.39, 0.29) is 30.3 Å². The number of carbonyl (C=O) groups is 3. The highest BCUT2D eigenvalue weighted by molar-refractivity contribution is 8.00. The highest BCUT2D eigenvalue weighted by Gasteiger charge is 2.54. The lowest BCUT2D eigenvalue weighted by molar-refractivity contribution is -0.133. The zero-order valence-electron chi connectivity index (χ0n) is 16.5. The number of thioether (sulfide) groups is 1. The summed E-state index contributed by atoms with van der Waals surface area (Å²) in [5.74, 6) is -0.228. The molecule has 4 amide bonds. The van der Waals surface area contributed by atoms with Gasteiger partial charge in [-0.25, -0.2) is 9.78 Å². The van der Waals surface area contributed by atoms with Gasteiger partial charge in [0, 0.05) is 18.5 Å². The molecular weight excluding hydrogens is 396 g/mol. The van der Waals surface area contributed by atoms with Gasteiger partial charge in [-0.3, -0.25) is 14.5 Å². The summed E-state index contributed by atoms with van der Waals surface area (Å²) in [6.45, 7) is 8.90. The normalized spacial score (nSPS) is 23.2. The van der Waals surface area contributed by atoms with Crippen LogP contribution in [0.15, 0.2) is 21.9 Å². The van der Waals surface area contributed by atoms with Gasteiger partial charge >= 0.3 is 6.03 Å². The molecule has 2 aliphatic rings. The molecule has 0 saturated carbocycles. The number of imide groups is 1. The van der Waals surface area contributed by atoms with Gasteiger partial charge in [0.15, 0.2) is 0 Å². The van der Waals surface area contributed by atoms with E-state index in [9.17, 15) is 14.4 Å². The number of carbonyl (C=O) groups excluding carboxylic acids is 3. The number of hydrogen-bond acceptors (Lipinski definition) is 6. The van der Waals surface area contributed by atoms with Crippen molar-refractivity contribution in [1.82, 2.24) is 20.1 Å². The first-order valence-electron chi connectivity index (χ1n) is 9.39. The Bertz CT molecular complexity index is 801. The maximum atomic E-state index is 13.1. The minimum atomic E-state index is -0.881. The average molecular weight is 423 g/mol. The molecule has 1 atom stereocenters. The van der Waals surface area contributed by atoms with Crippen molar-refractivity contribution < 1.29 is 14.4 Å². The minimum absolute atomic E-state index is 0.00492. The number of likely N-dealkylation sites (tertiary alicyclic amines) is 1. The van der Waals surface area contributed by atoms with E-state index in [2.05, 4.69) is 16.9 Å². The van der Waals surface area contributed by atoms with Gasteiger partial charge < -0.3 is 10.2 Å². The fraction of sp³-hybridized carbons (Fsp3) is 0.579. The topological polar surface area (TPSA) is 82.6 Å². The molecule has 0 radical (unpaired) electrons. The summed E-state index contributed by atoms with van der Waals surface area (Å²) in [6.07, 6.45) is 3.82. The van der Waals surface area contributed by atoms with Gasteiger partial charge in [0.05, 0.1) is 6.54 Å². The molecule has 1 N–H and O–H groups in total. The number of amides is 4. The van der Waals surface area contributed by atoms with E-state index in [1.165, 1.54) is 28.0 Å². The molecule has 0 aromatic carbocycles. The average Bonchev–Trinajstić information content (AvgIpc) is 3.26. The predicted molar refractivity (Wildman–Crippen MR) is 111 cm³/mol. The number of rotatable bonds is 6. The smallest absolute Gasteiger partial charge is 0.325 e. The summed E-state index contributed by atoms with van der Waals surface area (Å²) in [7, 11) is 0. The van der Waals surface area contributed by atoms with Crippen molar-refractivity contribution in [2.24, 2.45) is 5.92 Å². The number of aromatic nitrogens is 1. The van der Waals surface area contributed by atoms with Crippen molar-refractivity contribution >= 4 is 40.9 Å². The molecule has 0 spiro atoms. The molecule has 152 valence electrons. The summed E-state index contributed by atoms with van der Waals surface area (Å²) in [4.78, 5) is 45.6. The summed E-state index contributed by atoms with van der Waals surface area (Å²) in [6, 6.07) is -0.347. The van der Waals surface area contributed by atoms with Crippen LogP contribution in [-0.4, -0.2) is 64.1 Å². The van der Waals surface area contributed by atoms with Crippen molar-refractivity contribution in [3.63, 3.8) is 0 Å². The molecule has 2 saturated heterocycles. The van der Waals surface area contributed by atoms with Crippen LogP contribution in [0.4, 0.5) is 4.79 Å². The first-order chi connectivity index (χ1) is 13.3. The van der Waals surface area contributed by atoms with Crippen molar-refractivity contribution in [1.29, 1.82) is 0 Å². The van der Waals surface area contributed by atoms with Crippen LogP contribution in [0.2, 0.25) is 0 Å². The van der Waals surface area contributed by atoms with Crippen molar-refractivity contribution in [2.75, 3.05) is 25.9 Å². The predicted octanol–water partition coefficient (Wildman–Crippen LogP) is 2.99. The van der Waals surface area contributed by atoms with Crippen LogP contribution in [-0.2, 0) is 4.79 Å². The largest absolute Gasteiger partial charge is 0.337 e.